The molecule has 3 rings (SSSR count). The quantitative estimate of drug-likeness (QED) is 0.698. The summed E-state index contributed by atoms with van der Waals surface area (Å²) in [5, 5.41) is 3.17. The van der Waals surface area contributed by atoms with E-state index in [1.807, 2.05) is 54.6 Å². The number of rotatable bonds is 7. The summed E-state index contributed by atoms with van der Waals surface area (Å²) >= 11 is 0. The Morgan fingerprint density at radius 2 is 1.70 bits per heavy atom. The lowest BCUT2D eigenvalue weighted by Gasteiger charge is -2.17. The van der Waals surface area contributed by atoms with E-state index in [9.17, 15) is 4.79 Å². The van der Waals surface area contributed by atoms with Crippen molar-refractivity contribution in [1.82, 2.24) is 9.97 Å². The second kappa shape index (κ2) is 8.80. The molecule has 27 heavy (non-hydrogen) atoms. The second-order valence-electron chi connectivity index (χ2n) is 6.02. The smallest absolute Gasteiger partial charge is 0.261 e. The van der Waals surface area contributed by atoms with Gasteiger partial charge in [0.05, 0.1) is 12.7 Å². The van der Waals surface area contributed by atoms with Gasteiger partial charge >= 0.3 is 0 Å². The second-order valence-corrected chi connectivity index (χ2v) is 6.02. The minimum absolute atomic E-state index is 0.147. The number of para-hydroxylation sites is 1. The first kappa shape index (κ1) is 18.4. The van der Waals surface area contributed by atoms with Crippen LogP contribution < -0.4 is 15.0 Å². The largest absolute Gasteiger partial charge is 0.497 e. The van der Waals surface area contributed by atoms with Crippen LogP contribution >= 0.6 is 0 Å². The molecule has 0 saturated heterocycles. The van der Waals surface area contributed by atoms with Crippen LogP contribution in [0.25, 0.3) is 0 Å². The van der Waals surface area contributed by atoms with Crippen molar-refractivity contribution in [2.24, 2.45) is 0 Å². The highest BCUT2D eigenvalue weighted by molar-refractivity contribution is 6.05. The van der Waals surface area contributed by atoms with Crippen LogP contribution in [-0.2, 0) is 6.42 Å². The van der Waals surface area contributed by atoms with E-state index in [4.69, 9.17) is 4.74 Å². The van der Waals surface area contributed by atoms with Crippen LogP contribution in [0.4, 0.5) is 11.6 Å². The zero-order valence-electron chi connectivity index (χ0n) is 15.4. The van der Waals surface area contributed by atoms with E-state index in [1.54, 1.807) is 31.5 Å². The van der Waals surface area contributed by atoms with Crippen LogP contribution in [0.5, 0.6) is 5.75 Å². The number of carbonyl (C=O) groups excluding carboxylic acids is 1. The van der Waals surface area contributed by atoms with Crippen molar-refractivity contribution in [2.45, 2.75) is 6.42 Å². The number of nitrogens with one attached hydrogen (secondary N) is 1. The van der Waals surface area contributed by atoms with E-state index < -0.39 is 0 Å². The van der Waals surface area contributed by atoms with Gasteiger partial charge in [0.1, 0.15) is 5.75 Å². The summed E-state index contributed by atoms with van der Waals surface area (Å²) < 4.78 is 5.15. The lowest BCUT2D eigenvalue weighted by molar-refractivity contribution is 0.0992. The number of anilines is 2. The maximum absolute atomic E-state index is 12.5. The van der Waals surface area contributed by atoms with Crippen LogP contribution in [0.1, 0.15) is 15.9 Å². The fourth-order valence-corrected chi connectivity index (χ4v) is 2.60. The fourth-order valence-electron chi connectivity index (χ4n) is 2.60. The predicted molar refractivity (Wildman–Crippen MR) is 106 cm³/mol. The van der Waals surface area contributed by atoms with Crippen molar-refractivity contribution in [2.75, 3.05) is 30.9 Å². The average molecular weight is 362 g/mol. The van der Waals surface area contributed by atoms with Crippen molar-refractivity contribution in [3.8, 4) is 5.75 Å². The van der Waals surface area contributed by atoms with E-state index in [0.29, 0.717) is 18.1 Å². The maximum Gasteiger partial charge on any atom is 0.261 e. The highest BCUT2D eigenvalue weighted by Gasteiger charge is 2.14. The summed E-state index contributed by atoms with van der Waals surface area (Å²) in [7, 11) is 3.39. The Bertz CT molecular complexity index is 865. The third-order valence-corrected chi connectivity index (χ3v) is 4.20. The number of nitrogens with zero attached hydrogens (tertiary/aromatic N) is 3. The van der Waals surface area contributed by atoms with Gasteiger partial charge in [0.2, 0.25) is 5.95 Å². The standard InChI is InChI=1S/C21H22N4O2/c1-25(18-6-4-3-5-7-18)20(26)17-14-23-21(24-15-17)22-13-12-16-8-10-19(27-2)11-9-16/h3-11,14-15H,12-13H2,1-2H3,(H,22,23,24). The molecule has 0 radical (unpaired) electrons. The Hall–Kier alpha value is -3.41. The van der Waals surface area contributed by atoms with Crippen LogP contribution in [-0.4, -0.2) is 36.6 Å². The van der Waals surface area contributed by atoms with Gasteiger partial charge in [-0.05, 0) is 36.2 Å². The molecule has 138 valence electrons. The maximum atomic E-state index is 12.5. The number of hydrogen-bond acceptors (Lipinski definition) is 5. The Morgan fingerprint density at radius 1 is 1.04 bits per heavy atom. The lowest BCUT2D eigenvalue weighted by atomic mass is 10.1. The van der Waals surface area contributed by atoms with Crippen molar-refractivity contribution in [3.05, 3.63) is 78.1 Å². The molecule has 6 nitrogen and oxygen atoms in total. The molecule has 0 aliphatic rings. The molecule has 1 heterocycles. The average Bonchev–Trinajstić information content (AvgIpc) is 2.74. The molecule has 1 N–H and O–H groups in total. The van der Waals surface area contributed by atoms with Crippen LogP contribution in [0, 0.1) is 0 Å². The van der Waals surface area contributed by atoms with Gasteiger partial charge in [-0.1, -0.05) is 30.3 Å². The fraction of sp³-hybridized carbons (Fsp3) is 0.190. The molecule has 0 spiro atoms. The van der Waals surface area contributed by atoms with Crippen molar-refractivity contribution >= 4 is 17.5 Å². The zero-order chi connectivity index (χ0) is 19.1. The molecule has 2 aromatic carbocycles. The molecular formula is C21H22N4O2. The number of hydrogen-bond donors (Lipinski definition) is 1. The summed E-state index contributed by atoms with van der Waals surface area (Å²) in [6.45, 7) is 0.698. The summed E-state index contributed by atoms with van der Waals surface area (Å²) in [5.41, 5.74) is 2.46. The van der Waals surface area contributed by atoms with Gasteiger partial charge in [-0.2, -0.15) is 0 Å². The predicted octanol–water partition coefficient (Wildman–Crippen LogP) is 3.42. The highest BCUT2D eigenvalue weighted by Crippen LogP contribution is 2.15. The van der Waals surface area contributed by atoms with Crippen LogP contribution in [0.15, 0.2) is 67.0 Å². The summed E-state index contributed by atoms with van der Waals surface area (Å²) in [6.07, 6.45) is 3.93. The van der Waals surface area contributed by atoms with E-state index in [1.165, 1.54) is 5.56 Å². The van der Waals surface area contributed by atoms with Gasteiger partial charge in [-0.25, -0.2) is 9.97 Å². The molecule has 0 aliphatic heterocycles. The Morgan fingerprint density at radius 3 is 2.33 bits per heavy atom. The first-order chi connectivity index (χ1) is 13.2. The molecule has 6 heteroatoms. The number of carbonyl (C=O) groups is 1. The van der Waals surface area contributed by atoms with Gasteiger partial charge in [0.25, 0.3) is 5.91 Å². The van der Waals surface area contributed by atoms with E-state index in [2.05, 4.69) is 15.3 Å². The van der Waals surface area contributed by atoms with Gasteiger partial charge in [0.15, 0.2) is 0 Å². The summed E-state index contributed by atoms with van der Waals surface area (Å²) in [6, 6.07) is 17.4. The minimum Gasteiger partial charge on any atom is -0.497 e. The zero-order valence-corrected chi connectivity index (χ0v) is 15.4. The number of ether oxygens (including phenoxy) is 1. The topological polar surface area (TPSA) is 67.3 Å². The normalized spacial score (nSPS) is 10.3. The van der Waals surface area contributed by atoms with E-state index in [-0.39, 0.29) is 5.91 Å². The van der Waals surface area contributed by atoms with Crippen molar-refractivity contribution < 1.29 is 9.53 Å². The summed E-state index contributed by atoms with van der Waals surface area (Å²) in [5.74, 6) is 1.20. The molecular weight excluding hydrogens is 340 g/mol. The van der Waals surface area contributed by atoms with Crippen LogP contribution in [0.3, 0.4) is 0 Å². The van der Waals surface area contributed by atoms with Gasteiger partial charge in [0, 0.05) is 31.7 Å². The molecule has 1 amide bonds. The Labute approximate surface area is 158 Å². The third-order valence-electron chi connectivity index (χ3n) is 4.20. The number of amides is 1. The van der Waals surface area contributed by atoms with Crippen molar-refractivity contribution in [1.29, 1.82) is 0 Å². The van der Waals surface area contributed by atoms with Gasteiger partial charge < -0.3 is 15.0 Å². The molecule has 0 bridgehead atoms. The van der Waals surface area contributed by atoms with Gasteiger partial charge in [-0.15, -0.1) is 0 Å². The monoisotopic (exact) mass is 362 g/mol. The SMILES string of the molecule is COc1ccc(CCNc2ncc(C(=O)N(C)c3ccccc3)cn2)cc1. The van der Waals surface area contributed by atoms with E-state index >= 15 is 0 Å². The molecule has 0 aliphatic carbocycles. The third kappa shape index (κ3) is 4.82. The molecule has 0 atom stereocenters. The highest BCUT2D eigenvalue weighted by atomic mass is 16.5. The lowest BCUT2D eigenvalue weighted by Crippen LogP contribution is -2.26. The molecule has 0 unspecified atom stereocenters. The number of aromatic nitrogens is 2. The molecule has 1 aromatic heterocycles. The van der Waals surface area contributed by atoms with E-state index in [0.717, 1.165) is 17.9 Å². The van der Waals surface area contributed by atoms with Crippen molar-refractivity contribution in [3.63, 3.8) is 0 Å². The first-order valence-corrected chi connectivity index (χ1v) is 8.69. The molecule has 0 fully saturated rings. The molecule has 3 aromatic rings. The van der Waals surface area contributed by atoms with Gasteiger partial charge in [-0.3, -0.25) is 4.79 Å². The molecule has 0 saturated carbocycles. The summed E-state index contributed by atoms with van der Waals surface area (Å²) in [4.78, 5) is 22.6. The first-order valence-electron chi connectivity index (χ1n) is 8.69. The minimum atomic E-state index is -0.147. The number of methoxy groups -OCH3 is 1. The van der Waals surface area contributed by atoms with Crippen LogP contribution in [0.2, 0.25) is 0 Å². The number of benzene rings is 2. The Balaban J connectivity index is 1.54. The Kier molecular flexibility index (Phi) is 5.99.